The van der Waals surface area contributed by atoms with Gasteiger partial charge < -0.3 is 29.4 Å². The molecule has 1 aromatic heterocycles. The lowest BCUT2D eigenvalue weighted by Gasteiger charge is -2.28. The fraction of sp³-hybridized carbons (Fsp3) is 0.448. The normalized spacial score (nSPS) is 15.4. The van der Waals surface area contributed by atoms with Gasteiger partial charge in [-0.3, -0.25) is 9.69 Å². The monoisotopic (exact) mass is 536 g/mol. The van der Waals surface area contributed by atoms with Gasteiger partial charge in [0.2, 0.25) is 0 Å². The summed E-state index contributed by atoms with van der Waals surface area (Å²) >= 11 is 5.84. The molecule has 1 saturated heterocycles. The Hall–Kier alpha value is -3.14. The first-order valence-corrected chi connectivity index (χ1v) is 13.8. The van der Waals surface area contributed by atoms with E-state index in [1.165, 1.54) is 11.1 Å². The molecule has 0 radical (unpaired) electrons. The van der Waals surface area contributed by atoms with E-state index in [4.69, 9.17) is 26.4 Å². The van der Waals surface area contributed by atoms with Crippen LogP contribution in [0, 0.1) is 6.92 Å². The molecule has 2 aromatic carbocycles. The Morgan fingerprint density at radius 2 is 1.87 bits per heavy atom. The first-order chi connectivity index (χ1) is 18.5. The minimum absolute atomic E-state index is 0.121. The number of nitrogens with zero attached hydrogens (tertiary/aromatic N) is 2. The van der Waals surface area contributed by atoms with Crippen molar-refractivity contribution in [3.8, 4) is 11.5 Å². The number of aromatic amines is 1. The fourth-order valence-electron chi connectivity index (χ4n) is 4.93. The van der Waals surface area contributed by atoms with Crippen LogP contribution in [0.15, 0.2) is 47.3 Å². The van der Waals surface area contributed by atoms with E-state index in [-0.39, 0.29) is 5.56 Å². The van der Waals surface area contributed by atoms with E-state index in [9.17, 15) is 4.79 Å². The van der Waals surface area contributed by atoms with Gasteiger partial charge in [-0.15, -0.1) is 0 Å². The first kappa shape index (κ1) is 26.5. The number of aryl methyl sites for hydroxylation is 1. The summed E-state index contributed by atoms with van der Waals surface area (Å²) in [6, 6.07) is 14.2. The molecule has 1 fully saturated rings. The van der Waals surface area contributed by atoms with E-state index in [2.05, 4.69) is 51.3 Å². The highest BCUT2D eigenvalue weighted by molar-refractivity contribution is 7.80. The standard InChI is InChI=1S/C29H36N4O4S/c1-21-4-2-5-22(16-21)6-9-33(29(38)30-7-3-8-32-10-12-35-13-11-32)20-24-17-23-18-26-27(37-15-14-36-26)19-25(23)31-28(24)34/h2,4-5,16-19H,3,6-15,20H2,1H3,(H,30,38)(H,31,34). The molecule has 3 heterocycles. The van der Waals surface area contributed by atoms with E-state index in [0.29, 0.717) is 48.5 Å². The van der Waals surface area contributed by atoms with Crippen LogP contribution in [0.2, 0.25) is 0 Å². The number of fused-ring (bicyclic) bond motifs is 2. The molecule has 0 saturated carbocycles. The summed E-state index contributed by atoms with van der Waals surface area (Å²) in [5, 5.41) is 5.02. The van der Waals surface area contributed by atoms with Crippen molar-refractivity contribution in [1.29, 1.82) is 0 Å². The Balaban J connectivity index is 1.29. The molecular weight excluding hydrogens is 500 g/mol. The van der Waals surface area contributed by atoms with Crippen molar-refractivity contribution >= 4 is 28.2 Å². The summed E-state index contributed by atoms with van der Waals surface area (Å²) < 4.78 is 16.9. The van der Waals surface area contributed by atoms with Crippen LogP contribution in [-0.2, 0) is 17.7 Å². The third kappa shape index (κ3) is 6.83. The third-order valence-electron chi connectivity index (χ3n) is 7.02. The van der Waals surface area contributed by atoms with Crippen LogP contribution in [0.4, 0.5) is 0 Å². The molecule has 2 N–H and O–H groups in total. The average molecular weight is 537 g/mol. The summed E-state index contributed by atoms with van der Waals surface area (Å²) in [4.78, 5) is 20.6. The van der Waals surface area contributed by atoms with Crippen LogP contribution in [-0.4, -0.2) is 79.0 Å². The Bertz CT molecular complexity index is 1320. The maximum atomic E-state index is 13.1. The number of aromatic nitrogens is 1. The first-order valence-electron chi connectivity index (χ1n) is 13.4. The molecule has 0 aliphatic carbocycles. The van der Waals surface area contributed by atoms with Crippen molar-refractivity contribution in [2.75, 3.05) is 59.2 Å². The Morgan fingerprint density at radius 3 is 2.66 bits per heavy atom. The molecule has 0 spiro atoms. The molecule has 0 unspecified atom stereocenters. The van der Waals surface area contributed by atoms with E-state index in [1.807, 2.05) is 18.2 Å². The summed E-state index contributed by atoms with van der Waals surface area (Å²) in [5.41, 5.74) is 3.76. The van der Waals surface area contributed by atoms with Crippen LogP contribution >= 0.6 is 12.2 Å². The minimum atomic E-state index is -0.121. The lowest BCUT2D eigenvalue weighted by atomic mass is 10.1. The zero-order valence-corrected chi connectivity index (χ0v) is 22.8. The Morgan fingerprint density at radius 1 is 1.08 bits per heavy atom. The number of hydrogen-bond donors (Lipinski definition) is 2. The van der Waals surface area contributed by atoms with Crippen molar-refractivity contribution in [3.63, 3.8) is 0 Å². The highest BCUT2D eigenvalue weighted by atomic mass is 32.1. The number of benzene rings is 2. The number of H-pyrrole nitrogens is 1. The SMILES string of the molecule is Cc1cccc(CCN(Cc2cc3cc4c(cc3[nH]c2=O)OCCO4)C(=S)NCCCN2CCOCC2)c1. The fourth-order valence-corrected chi connectivity index (χ4v) is 5.19. The average Bonchev–Trinajstić information content (AvgIpc) is 2.93. The van der Waals surface area contributed by atoms with E-state index in [0.717, 1.165) is 63.1 Å². The predicted molar refractivity (Wildman–Crippen MR) is 153 cm³/mol. The molecule has 5 rings (SSSR count). The molecule has 38 heavy (non-hydrogen) atoms. The van der Waals surface area contributed by atoms with Crippen LogP contribution in [0.25, 0.3) is 10.9 Å². The number of pyridine rings is 1. The Labute approximate surface area is 228 Å². The predicted octanol–water partition coefficient (Wildman–Crippen LogP) is 3.25. The Kier molecular flexibility index (Phi) is 8.78. The minimum Gasteiger partial charge on any atom is -0.486 e. The van der Waals surface area contributed by atoms with Crippen molar-refractivity contribution < 1.29 is 14.2 Å². The largest absolute Gasteiger partial charge is 0.486 e. The highest BCUT2D eigenvalue weighted by Crippen LogP contribution is 2.33. The molecule has 3 aromatic rings. The van der Waals surface area contributed by atoms with Gasteiger partial charge in [0.1, 0.15) is 13.2 Å². The van der Waals surface area contributed by atoms with Gasteiger partial charge in [0.15, 0.2) is 16.6 Å². The van der Waals surface area contributed by atoms with Gasteiger partial charge in [-0.25, -0.2) is 0 Å². The molecular formula is C29H36N4O4S. The second kappa shape index (κ2) is 12.6. The number of ether oxygens (including phenoxy) is 3. The molecule has 0 amide bonds. The van der Waals surface area contributed by atoms with Crippen molar-refractivity contribution in [2.24, 2.45) is 0 Å². The number of rotatable bonds is 9. The van der Waals surface area contributed by atoms with Gasteiger partial charge in [0.05, 0.1) is 25.3 Å². The van der Waals surface area contributed by atoms with Gasteiger partial charge in [0, 0.05) is 43.2 Å². The molecule has 0 atom stereocenters. The number of nitrogens with one attached hydrogen (secondary N) is 2. The van der Waals surface area contributed by atoms with E-state index in [1.54, 1.807) is 0 Å². The molecule has 2 aliphatic heterocycles. The second-order valence-corrected chi connectivity index (χ2v) is 10.3. The molecule has 9 heteroatoms. The highest BCUT2D eigenvalue weighted by Gasteiger charge is 2.17. The van der Waals surface area contributed by atoms with E-state index < -0.39 is 0 Å². The van der Waals surface area contributed by atoms with Crippen LogP contribution < -0.4 is 20.3 Å². The molecule has 0 bridgehead atoms. The van der Waals surface area contributed by atoms with Crippen LogP contribution in [0.3, 0.4) is 0 Å². The maximum absolute atomic E-state index is 13.1. The number of hydrogen-bond acceptors (Lipinski definition) is 6. The second-order valence-electron chi connectivity index (χ2n) is 9.91. The molecule has 2 aliphatic rings. The van der Waals surface area contributed by atoms with Gasteiger partial charge in [-0.05, 0) is 56.2 Å². The van der Waals surface area contributed by atoms with Crippen molar-refractivity contribution in [3.05, 3.63) is 69.5 Å². The van der Waals surface area contributed by atoms with Crippen molar-refractivity contribution in [1.82, 2.24) is 20.1 Å². The molecule has 8 nitrogen and oxygen atoms in total. The zero-order valence-electron chi connectivity index (χ0n) is 22.0. The van der Waals surface area contributed by atoms with Gasteiger partial charge in [-0.2, -0.15) is 0 Å². The van der Waals surface area contributed by atoms with Gasteiger partial charge >= 0.3 is 0 Å². The summed E-state index contributed by atoms with van der Waals surface area (Å²) in [5.74, 6) is 1.37. The lowest BCUT2D eigenvalue weighted by Crippen LogP contribution is -2.43. The summed E-state index contributed by atoms with van der Waals surface area (Å²) in [6.45, 7) is 9.64. The lowest BCUT2D eigenvalue weighted by molar-refractivity contribution is 0.0376. The molecule has 202 valence electrons. The van der Waals surface area contributed by atoms with Crippen LogP contribution in [0.5, 0.6) is 11.5 Å². The smallest absolute Gasteiger partial charge is 0.253 e. The zero-order chi connectivity index (χ0) is 26.3. The van der Waals surface area contributed by atoms with Gasteiger partial charge in [-0.1, -0.05) is 29.8 Å². The van der Waals surface area contributed by atoms with Crippen molar-refractivity contribution in [2.45, 2.75) is 26.3 Å². The topological polar surface area (TPSA) is 79.1 Å². The number of morpholine rings is 1. The van der Waals surface area contributed by atoms with E-state index >= 15 is 0 Å². The third-order valence-corrected chi connectivity index (χ3v) is 7.42. The summed E-state index contributed by atoms with van der Waals surface area (Å²) in [6.07, 6.45) is 1.83. The number of thiocarbonyl (C=S) groups is 1. The van der Waals surface area contributed by atoms with Gasteiger partial charge in [0.25, 0.3) is 5.56 Å². The summed E-state index contributed by atoms with van der Waals surface area (Å²) in [7, 11) is 0. The van der Waals surface area contributed by atoms with Crippen LogP contribution in [0.1, 0.15) is 23.1 Å². The quantitative estimate of drug-likeness (QED) is 0.319. The maximum Gasteiger partial charge on any atom is 0.253 e.